The number of nitrogens with zero attached hydrogens (tertiary/aromatic N) is 4. The van der Waals surface area contributed by atoms with Crippen LogP contribution in [-0.2, 0) is 29.3 Å². The number of imidazole rings is 1. The Hall–Kier alpha value is -2.21. The topological polar surface area (TPSA) is 60.3 Å². The number of aromatic nitrogens is 3. The molecule has 0 aromatic carbocycles. The summed E-state index contributed by atoms with van der Waals surface area (Å²) >= 11 is 0. The first-order valence-electron chi connectivity index (χ1n) is 8.55. The minimum Gasteiger partial charge on any atom is -0.370 e. The van der Waals surface area contributed by atoms with Crippen LogP contribution < -0.4 is 0 Å². The van der Waals surface area contributed by atoms with Crippen LogP contribution in [0.1, 0.15) is 42.9 Å². The summed E-state index contributed by atoms with van der Waals surface area (Å²) in [5, 5.41) is 0. The zero-order chi connectivity index (χ0) is 16.5. The van der Waals surface area contributed by atoms with Crippen molar-refractivity contribution < 1.29 is 9.53 Å². The Labute approximate surface area is 141 Å². The first-order valence-corrected chi connectivity index (χ1v) is 8.55. The number of carbonyl (C=O) groups excluding carboxylic acids is 1. The lowest BCUT2D eigenvalue weighted by Gasteiger charge is -2.34. The number of carbonyl (C=O) groups is 1. The fraction of sp³-hybridized carbons (Fsp3) is 0.500. The highest BCUT2D eigenvalue weighted by Crippen LogP contribution is 2.35. The van der Waals surface area contributed by atoms with Gasteiger partial charge >= 0.3 is 0 Å². The summed E-state index contributed by atoms with van der Waals surface area (Å²) in [6.45, 7) is 4.68. The predicted molar refractivity (Wildman–Crippen MR) is 87.8 cm³/mol. The van der Waals surface area contributed by atoms with E-state index in [1.54, 1.807) is 6.20 Å². The van der Waals surface area contributed by atoms with Crippen molar-refractivity contribution in [3.8, 4) is 0 Å². The summed E-state index contributed by atoms with van der Waals surface area (Å²) < 4.78 is 8.01. The summed E-state index contributed by atoms with van der Waals surface area (Å²) in [4.78, 5) is 23.0. The number of fused-ring (bicyclic) bond motifs is 1. The zero-order valence-corrected chi connectivity index (χ0v) is 13.9. The highest BCUT2D eigenvalue weighted by atomic mass is 16.5. The maximum atomic E-state index is 12.4. The van der Waals surface area contributed by atoms with Crippen LogP contribution in [0.15, 0.2) is 30.7 Å². The van der Waals surface area contributed by atoms with Gasteiger partial charge in [0.2, 0.25) is 5.91 Å². The van der Waals surface area contributed by atoms with E-state index in [4.69, 9.17) is 4.74 Å². The Bertz CT molecular complexity index is 724. The summed E-state index contributed by atoms with van der Waals surface area (Å²) in [6, 6.07) is 3.95. The molecule has 2 aliphatic rings. The van der Waals surface area contributed by atoms with Crippen LogP contribution in [0.2, 0.25) is 0 Å². The molecular formula is C18H22N4O2. The quantitative estimate of drug-likeness (QED) is 0.846. The third kappa shape index (κ3) is 2.94. The molecule has 2 aromatic rings. The number of hydrogen-bond acceptors (Lipinski definition) is 4. The Morgan fingerprint density at radius 3 is 2.92 bits per heavy atom. The van der Waals surface area contributed by atoms with E-state index in [-0.39, 0.29) is 12.0 Å². The summed E-state index contributed by atoms with van der Waals surface area (Å²) in [5.41, 5.74) is 2.13. The lowest BCUT2D eigenvalue weighted by Crippen LogP contribution is -2.42. The van der Waals surface area contributed by atoms with Crippen molar-refractivity contribution in [1.29, 1.82) is 0 Å². The van der Waals surface area contributed by atoms with Gasteiger partial charge < -0.3 is 14.2 Å². The van der Waals surface area contributed by atoms with E-state index >= 15 is 0 Å². The van der Waals surface area contributed by atoms with Crippen molar-refractivity contribution in [2.24, 2.45) is 5.92 Å². The van der Waals surface area contributed by atoms with Crippen molar-refractivity contribution in [1.82, 2.24) is 19.4 Å². The molecule has 1 fully saturated rings. The number of hydrogen-bond donors (Lipinski definition) is 0. The van der Waals surface area contributed by atoms with Gasteiger partial charge in [0.1, 0.15) is 5.82 Å². The molecule has 1 aliphatic carbocycles. The van der Waals surface area contributed by atoms with Crippen LogP contribution in [0.4, 0.5) is 0 Å². The number of ether oxygens (including phenoxy) is 1. The SMILES string of the molecule is C[C@H]1c2ncc(COCc3cccnc3)n2CCN1C(=O)C1CC1. The maximum absolute atomic E-state index is 12.4. The normalized spacial score (nSPS) is 20.0. The average molecular weight is 326 g/mol. The maximum Gasteiger partial charge on any atom is 0.226 e. The van der Waals surface area contributed by atoms with Gasteiger partial charge in [0, 0.05) is 31.4 Å². The van der Waals surface area contributed by atoms with Crippen molar-refractivity contribution in [3.05, 3.63) is 47.8 Å². The molecule has 0 N–H and O–H groups in total. The summed E-state index contributed by atoms with van der Waals surface area (Å²) in [5.74, 6) is 1.53. The summed E-state index contributed by atoms with van der Waals surface area (Å²) in [7, 11) is 0. The van der Waals surface area contributed by atoms with E-state index in [1.807, 2.05) is 29.4 Å². The highest BCUT2D eigenvalue weighted by Gasteiger charge is 2.38. The van der Waals surface area contributed by atoms with Crippen LogP contribution in [0, 0.1) is 5.92 Å². The predicted octanol–water partition coefficient (Wildman–Crippen LogP) is 2.31. The number of amides is 1. The zero-order valence-electron chi connectivity index (χ0n) is 13.9. The molecule has 126 valence electrons. The molecule has 0 bridgehead atoms. The smallest absolute Gasteiger partial charge is 0.226 e. The van der Waals surface area contributed by atoms with Gasteiger partial charge in [-0.25, -0.2) is 4.98 Å². The van der Waals surface area contributed by atoms with E-state index in [2.05, 4.69) is 21.5 Å². The summed E-state index contributed by atoms with van der Waals surface area (Å²) in [6.07, 6.45) is 7.54. The monoisotopic (exact) mass is 326 g/mol. The van der Waals surface area contributed by atoms with Gasteiger partial charge in [-0.15, -0.1) is 0 Å². The first kappa shape index (κ1) is 15.3. The van der Waals surface area contributed by atoms with Gasteiger partial charge in [0.25, 0.3) is 0 Å². The molecular weight excluding hydrogens is 304 g/mol. The standard InChI is InChI=1S/C18H22N4O2/c1-13-17-20-10-16(12-24-11-14-3-2-6-19-9-14)22(17)8-7-21(13)18(23)15-4-5-15/h2-3,6,9-10,13,15H,4-5,7-8,11-12H2,1H3/t13-/m0/s1. The largest absolute Gasteiger partial charge is 0.370 e. The van der Waals surface area contributed by atoms with E-state index in [9.17, 15) is 4.79 Å². The second kappa shape index (κ2) is 6.36. The average Bonchev–Trinajstić information content (AvgIpc) is 3.37. The lowest BCUT2D eigenvalue weighted by atomic mass is 10.2. The number of pyridine rings is 1. The van der Waals surface area contributed by atoms with Crippen LogP contribution in [0.3, 0.4) is 0 Å². The molecule has 1 atom stereocenters. The third-order valence-electron chi connectivity index (χ3n) is 4.83. The fourth-order valence-electron chi connectivity index (χ4n) is 3.30. The lowest BCUT2D eigenvalue weighted by molar-refractivity contribution is -0.135. The second-order valence-electron chi connectivity index (χ2n) is 6.60. The fourth-order valence-corrected chi connectivity index (χ4v) is 3.30. The third-order valence-corrected chi connectivity index (χ3v) is 4.83. The van der Waals surface area contributed by atoms with Gasteiger partial charge in [-0.3, -0.25) is 9.78 Å². The van der Waals surface area contributed by atoms with E-state index < -0.39 is 0 Å². The molecule has 24 heavy (non-hydrogen) atoms. The van der Waals surface area contributed by atoms with Crippen molar-refractivity contribution in [2.45, 2.75) is 45.6 Å². The Kier molecular flexibility index (Phi) is 4.06. The van der Waals surface area contributed by atoms with Crippen LogP contribution in [0.5, 0.6) is 0 Å². The molecule has 6 heteroatoms. The van der Waals surface area contributed by atoms with Crippen LogP contribution in [0.25, 0.3) is 0 Å². The highest BCUT2D eigenvalue weighted by molar-refractivity contribution is 5.81. The first-order chi connectivity index (χ1) is 11.7. The van der Waals surface area contributed by atoms with Crippen molar-refractivity contribution in [3.63, 3.8) is 0 Å². The van der Waals surface area contributed by atoms with Gasteiger partial charge in [-0.1, -0.05) is 6.07 Å². The van der Waals surface area contributed by atoms with E-state index in [0.717, 1.165) is 43.0 Å². The molecule has 3 heterocycles. The van der Waals surface area contributed by atoms with Gasteiger partial charge in [0.15, 0.2) is 0 Å². The number of rotatable bonds is 5. The molecule has 0 unspecified atom stereocenters. The van der Waals surface area contributed by atoms with Gasteiger partial charge in [-0.05, 0) is 31.4 Å². The Balaban J connectivity index is 1.41. The van der Waals surface area contributed by atoms with E-state index in [0.29, 0.717) is 19.1 Å². The molecule has 4 rings (SSSR count). The van der Waals surface area contributed by atoms with E-state index in [1.165, 1.54) is 0 Å². The molecule has 1 saturated carbocycles. The Morgan fingerprint density at radius 2 is 2.17 bits per heavy atom. The van der Waals surface area contributed by atoms with Crippen LogP contribution in [-0.4, -0.2) is 31.9 Å². The van der Waals surface area contributed by atoms with Crippen LogP contribution >= 0.6 is 0 Å². The molecule has 1 aliphatic heterocycles. The van der Waals surface area contributed by atoms with Crippen molar-refractivity contribution >= 4 is 5.91 Å². The van der Waals surface area contributed by atoms with Gasteiger partial charge in [0.05, 0.1) is 31.1 Å². The minimum atomic E-state index is 0.0407. The minimum absolute atomic E-state index is 0.0407. The van der Waals surface area contributed by atoms with Crippen molar-refractivity contribution in [2.75, 3.05) is 6.54 Å². The van der Waals surface area contributed by atoms with Gasteiger partial charge in [-0.2, -0.15) is 0 Å². The molecule has 0 spiro atoms. The molecule has 0 saturated heterocycles. The molecule has 6 nitrogen and oxygen atoms in total. The molecule has 0 radical (unpaired) electrons. The molecule has 2 aromatic heterocycles. The Morgan fingerprint density at radius 1 is 1.29 bits per heavy atom. The second-order valence-corrected chi connectivity index (χ2v) is 6.60. The molecule has 1 amide bonds.